The molecule has 0 aliphatic rings. The zero-order valence-electron chi connectivity index (χ0n) is 20.1. The van der Waals surface area contributed by atoms with Crippen LogP contribution in [-0.4, -0.2) is 47.7 Å². The van der Waals surface area contributed by atoms with Gasteiger partial charge in [0.15, 0.2) is 0 Å². The third kappa shape index (κ3) is 8.67. The molecule has 0 radical (unpaired) electrons. The summed E-state index contributed by atoms with van der Waals surface area (Å²) in [5.74, 6) is -0.208. The highest BCUT2D eigenvalue weighted by atomic mass is 35.5. The standard InChI is InChI=1S/C28H33NO4S.ClH/c1-3-33-17-18-34-26-19-24(13-14-25(26)28(31)32)22-11-9-21(10-12-22)15-16-29-20(2)27(30)23-7-5-4-6-8-23;/h4-14,19-20,27,29-30H,3,15-18H2,1-2H3,(H,31,32);1H/t20-,27-;/m0./s1. The van der Waals surface area contributed by atoms with Crippen molar-refractivity contribution in [3.8, 4) is 11.1 Å². The minimum atomic E-state index is -0.917. The molecule has 0 fully saturated rings. The highest BCUT2D eigenvalue weighted by molar-refractivity contribution is 7.99. The summed E-state index contributed by atoms with van der Waals surface area (Å²) in [6.07, 6.45) is 0.306. The van der Waals surface area contributed by atoms with Crippen LogP contribution in [0.1, 0.15) is 41.4 Å². The first kappa shape index (κ1) is 28.9. The van der Waals surface area contributed by atoms with Crippen molar-refractivity contribution in [2.75, 3.05) is 25.5 Å². The summed E-state index contributed by atoms with van der Waals surface area (Å²) in [7, 11) is 0. The number of thioether (sulfide) groups is 1. The fourth-order valence-electron chi connectivity index (χ4n) is 3.71. The molecule has 3 rings (SSSR count). The first-order valence-electron chi connectivity index (χ1n) is 11.6. The Labute approximate surface area is 218 Å². The molecule has 35 heavy (non-hydrogen) atoms. The molecular formula is C28H34ClNO4S. The smallest absolute Gasteiger partial charge is 0.336 e. The summed E-state index contributed by atoms with van der Waals surface area (Å²) >= 11 is 1.51. The van der Waals surface area contributed by atoms with Crippen molar-refractivity contribution in [1.82, 2.24) is 5.32 Å². The maximum absolute atomic E-state index is 11.6. The Morgan fingerprint density at radius 1 is 1.03 bits per heavy atom. The third-order valence-electron chi connectivity index (χ3n) is 5.68. The number of hydrogen-bond acceptors (Lipinski definition) is 5. The van der Waals surface area contributed by atoms with Gasteiger partial charge in [-0.3, -0.25) is 0 Å². The highest BCUT2D eigenvalue weighted by Gasteiger charge is 2.15. The summed E-state index contributed by atoms with van der Waals surface area (Å²) in [4.78, 5) is 12.4. The molecule has 0 saturated carbocycles. The molecule has 7 heteroatoms. The van der Waals surface area contributed by atoms with E-state index >= 15 is 0 Å². The van der Waals surface area contributed by atoms with E-state index in [0.717, 1.165) is 34.6 Å². The lowest BCUT2D eigenvalue weighted by atomic mass is 10.0. The first-order valence-corrected chi connectivity index (χ1v) is 12.6. The molecule has 2 atom stereocenters. The molecule has 3 N–H and O–H groups in total. The van der Waals surface area contributed by atoms with E-state index in [2.05, 4.69) is 29.6 Å². The molecule has 3 aromatic carbocycles. The Balaban J connectivity index is 0.00000432. The van der Waals surface area contributed by atoms with Gasteiger partial charge >= 0.3 is 5.97 Å². The fourth-order valence-corrected chi connectivity index (χ4v) is 4.65. The number of nitrogens with one attached hydrogen (secondary N) is 1. The van der Waals surface area contributed by atoms with Gasteiger partial charge in [0, 0.05) is 23.3 Å². The number of carboxylic acid groups (broad SMARTS) is 1. The molecule has 188 valence electrons. The van der Waals surface area contributed by atoms with Gasteiger partial charge in [-0.2, -0.15) is 0 Å². The van der Waals surface area contributed by atoms with Gasteiger partial charge in [-0.05, 0) is 61.2 Å². The van der Waals surface area contributed by atoms with Crippen LogP contribution in [0.25, 0.3) is 11.1 Å². The van der Waals surface area contributed by atoms with Gasteiger partial charge in [0.25, 0.3) is 0 Å². The van der Waals surface area contributed by atoms with E-state index in [0.29, 0.717) is 24.5 Å². The van der Waals surface area contributed by atoms with Crippen LogP contribution in [0, 0.1) is 0 Å². The van der Waals surface area contributed by atoms with Crippen molar-refractivity contribution >= 4 is 30.1 Å². The summed E-state index contributed by atoms with van der Waals surface area (Å²) in [6.45, 7) is 5.95. The number of halogens is 1. The molecule has 0 aliphatic carbocycles. The van der Waals surface area contributed by atoms with Crippen LogP contribution in [0.4, 0.5) is 0 Å². The molecule has 0 spiro atoms. The van der Waals surface area contributed by atoms with E-state index in [4.69, 9.17) is 4.74 Å². The second-order valence-corrected chi connectivity index (χ2v) is 9.24. The summed E-state index contributed by atoms with van der Waals surface area (Å²) in [6, 6.07) is 23.5. The van der Waals surface area contributed by atoms with Gasteiger partial charge in [0.1, 0.15) is 0 Å². The second-order valence-electron chi connectivity index (χ2n) is 8.11. The van der Waals surface area contributed by atoms with E-state index < -0.39 is 12.1 Å². The summed E-state index contributed by atoms with van der Waals surface area (Å²) < 4.78 is 5.38. The largest absolute Gasteiger partial charge is 0.478 e. The van der Waals surface area contributed by atoms with Crippen molar-refractivity contribution in [3.63, 3.8) is 0 Å². The van der Waals surface area contributed by atoms with Crippen molar-refractivity contribution in [1.29, 1.82) is 0 Å². The van der Waals surface area contributed by atoms with Crippen molar-refractivity contribution in [3.05, 3.63) is 89.5 Å². The van der Waals surface area contributed by atoms with Crippen LogP contribution >= 0.6 is 24.2 Å². The predicted octanol–water partition coefficient (Wildman–Crippen LogP) is 5.86. The lowest BCUT2D eigenvalue weighted by Gasteiger charge is -2.20. The molecule has 0 saturated heterocycles. The number of carboxylic acids is 1. The minimum Gasteiger partial charge on any atom is -0.478 e. The Morgan fingerprint density at radius 2 is 1.71 bits per heavy atom. The van der Waals surface area contributed by atoms with Gasteiger partial charge < -0.3 is 20.3 Å². The van der Waals surface area contributed by atoms with Crippen LogP contribution in [0.5, 0.6) is 0 Å². The van der Waals surface area contributed by atoms with Crippen LogP contribution in [0.2, 0.25) is 0 Å². The van der Waals surface area contributed by atoms with Gasteiger partial charge in [-0.15, -0.1) is 24.2 Å². The average Bonchev–Trinajstić information content (AvgIpc) is 2.87. The molecule has 0 bridgehead atoms. The van der Waals surface area contributed by atoms with Gasteiger partial charge in [-0.25, -0.2) is 4.79 Å². The van der Waals surface area contributed by atoms with Gasteiger partial charge in [0.2, 0.25) is 0 Å². The molecule has 5 nitrogen and oxygen atoms in total. The van der Waals surface area contributed by atoms with Crippen LogP contribution in [0.15, 0.2) is 77.7 Å². The SMILES string of the molecule is CCOCCSc1cc(-c2ccc(CCN[C@@H](C)[C@H](O)c3ccccc3)cc2)ccc1C(=O)O.Cl. The number of hydrogen-bond donors (Lipinski definition) is 3. The quantitative estimate of drug-likeness (QED) is 0.195. The molecule has 3 aromatic rings. The average molecular weight is 516 g/mol. The molecule has 0 amide bonds. The van der Waals surface area contributed by atoms with Crippen LogP contribution < -0.4 is 5.32 Å². The number of benzene rings is 3. The monoisotopic (exact) mass is 515 g/mol. The number of ether oxygens (including phenoxy) is 1. The molecular weight excluding hydrogens is 482 g/mol. The molecule has 0 heterocycles. The van der Waals surface area contributed by atoms with Crippen LogP contribution in [0.3, 0.4) is 0 Å². The zero-order chi connectivity index (χ0) is 24.3. The first-order chi connectivity index (χ1) is 16.5. The van der Waals surface area contributed by atoms with E-state index in [1.165, 1.54) is 17.3 Å². The van der Waals surface area contributed by atoms with E-state index in [1.54, 1.807) is 6.07 Å². The van der Waals surface area contributed by atoms with Gasteiger partial charge in [0.05, 0.1) is 18.3 Å². The number of carbonyl (C=O) groups is 1. The molecule has 0 unspecified atom stereocenters. The van der Waals surface area contributed by atoms with Gasteiger partial charge in [-0.1, -0.05) is 60.7 Å². The molecule has 0 aromatic heterocycles. The predicted molar refractivity (Wildman–Crippen MR) is 146 cm³/mol. The van der Waals surface area contributed by atoms with E-state index in [-0.39, 0.29) is 18.4 Å². The summed E-state index contributed by atoms with van der Waals surface area (Å²) in [5, 5.41) is 23.4. The lowest BCUT2D eigenvalue weighted by molar-refractivity contribution is 0.0693. The fraction of sp³-hybridized carbons (Fsp3) is 0.321. The Hall–Kier alpha value is -2.35. The number of aromatic carboxylic acids is 1. The lowest BCUT2D eigenvalue weighted by Crippen LogP contribution is -2.33. The highest BCUT2D eigenvalue weighted by Crippen LogP contribution is 2.29. The minimum absolute atomic E-state index is 0. The Bertz CT molecular complexity index is 1050. The number of aliphatic hydroxyl groups excluding tert-OH is 1. The van der Waals surface area contributed by atoms with Crippen molar-refractivity contribution < 1.29 is 19.7 Å². The molecule has 0 aliphatic heterocycles. The second kappa shape index (κ2) is 14.9. The maximum Gasteiger partial charge on any atom is 0.336 e. The zero-order valence-corrected chi connectivity index (χ0v) is 21.8. The Kier molecular flexibility index (Phi) is 12.3. The van der Waals surface area contributed by atoms with Crippen molar-refractivity contribution in [2.24, 2.45) is 0 Å². The third-order valence-corrected chi connectivity index (χ3v) is 6.70. The Morgan fingerprint density at radius 3 is 2.37 bits per heavy atom. The van der Waals surface area contributed by atoms with Crippen LogP contribution in [-0.2, 0) is 11.2 Å². The maximum atomic E-state index is 11.6. The van der Waals surface area contributed by atoms with E-state index in [1.807, 2.05) is 56.3 Å². The topological polar surface area (TPSA) is 78.8 Å². The van der Waals surface area contributed by atoms with E-state index in [9.17, 15) is 15.0 Å². The summed E-state index contributed by atoms with van der Waals surface area (Å²) in [5.41, 5.74) is 4.48. The number of aliphatic hydroxyl groups is 1. The van der Waals surface area contributed by atoms with Crippen molar-refractivity contribution in [2.45, 2.75) is 37.3 Å². The number of rotatable bonds is 13. The normalized spacial score (nSPS) is 12.5.